The fourth-order valence-electron chi connectivity index (χ4n) is 1.94. The largest absolute Gasteiger partial charge is 0.464 e. The molecule has 0 saturated carbocycles. The first-order valence-corrected chi connectivity index (χ1v) is 7.02. The van der Waals surface area contributed by atoms with Crippen molar-refractivity contribution in [2.24, 2.45) is 0 Å². The minimum atomic E-state index is -0.830. The van der Waals surface area contributed by atoms with E-state index in [2.05, 4.69) is 14.9 Å². The number of carbonyl (C=O) groups excluding carboxylic acids is 3. The van der Waals surface area contributed by atoms with E-state index in [9.17, 15) is 14.4 Å². The number of carbonyl (C=O) groups is 3. The number of hydrogen-bond acceptors (Lipinski definition) is 6. The summed E-state index contributed by atoms with van der Waals surface area (Å²) in [7, 11) is 1.15. The average Bonchev–Trinajstić information content (AvgIpc) is 2.99. The molecule has 1 heterocycles. The first-order chi connectivity index (χ1) is 11.0. The number of aromatic nitrogens is 2. The highest BCUT2D eigenvalue weighted by Crippen LogP contribution is 2.23. The summed E-state index contributed by atoms with van der Waals surface area (Å²) < 4.78 is 9.45. The molecule has 1 N–H and O–H groups in total. The van der Waals surface area contributed by atoms with Gasteiger partial charge in [-0.05, 0) is 19.1 Å². The molecule has 0 aliphatic rings. The summed E-state index contributed by atoms with van der Waals surface area (Å²) in [5, 5.41) is 6.25. The molecule has 7 nitrogen and oxygen atoms in total. The van der Waals surface area contributed by atoms with Gasteiger partial charge in [0, 0.05) is 5.56 Å². The zero-order valence-electron chi connectivity index (χ0n) is 12.4. The second kappa shape index (κ2) is 7.06. The van der Waals surface area contributed by atoms with Gasteiger partial charge in [0.25, 0.3) is 0 Å². The van der Waals surface area contributed by atoms with E-state index in [1.54, 1.807) is 19.1 Å². The highest BCUT2D eigenvalue weighted by Gasteiger charge is 2.31. The smallest absolute Gasteiger partial charge is 0.359 e. The van der Waals surface area contributed by atoms with Gasteiger partial charge >= 0.3 is 11.9 Å². The van der Waals surface area contributed by atoms with Crippen molar-refractivity contribution in [3.63, 3.8) is 0 Å². The van der Waals surface area contributed by atoms with E-state index in [1.165, 1.54) is 12.1 Å². The van der Waals surface area contributed by atoms with Gasteiger partial charge in [-0.15, -0.1) is 0 Å². The Morgan fingerprint density at radius 3 is 2.52 bits per heavy atom. The number of nitrogens with zero attached hydrogens (tertiary/aromatic N) is 1. The van der Waals surface area contributed by atoms with Crippen LogP contribution in [0.5, 0.6) is 0 Å². The van der Waals surface area contributed by atoms with Crippen LogP contribution in [0, 0.1) is 0 Å². The van der Waals surface area contributed by atoms with Gasteiger partial charge < -0.3 is 9.47 Å². The molecule has 0 radical (unpaired) electrons. The van der Waals surface area contributed by atoms with E-state index in [0.29, 0.717) is 0 Å². The maximum atomic E-state index is 12.7. The number of ether oxygens (including phenoxy) is 2. The van der Waals surface area contributed by atoms with Crippen molar-refractivity contribution in [2.45, 2.75) is 6.92 Å². The summed E-state index contributed by atoms with van der Waals surface area (Å²) in [5.74, 6) is -2.29. The molecule has 0 aliphatic carbocycles. The Balaban J connectivity index is 2.60. The van der Waals surface area contributed by atoms with Crippen molar-refractivity contribution in [3.8, 4) is 0 Å². The van der Waals surface area contributed by atoms with Crippen molar-refractivity contribution in [1.29, 1.82) is 0 Å². The van der Waals surface area contributed by atoms with Gasteiger partial charge in [-0.1, -0.05) is 23.7 Å². The highest BCUT2D eigenvalue weighted by atomic mass is 35.5. The van der Waals surface area contributed by atoms with Crippen molar-refractivity contribution < 1.29 is 23.9 Å². The van der Waals surface area contributed by atoms with Crippen molar-refractivity contribution in [2.75, 3.05) is 13.7 Å². The summed E-state index contributed by atoms with van der Waals surface area (Å²) in [6, 6.07) is 6.27. The second-order valence-electron chi connectivity index (χ2n) is 4.34. The molecule has 0 aliphatic heterocycles. The lowest BCUT2D eigenvalue weighted by Gasteiger charge is -2.06. The molecule has 0 atom stereocenters. The van der Waals surface area contributed by atoms with Crippen LogP contribution in [0.25, 0.3) is 0 Å². The maximum Gasteiger partial charge on any atom is 0.359 e. The molecule has 1 aromatic carbocycles. The van der Waals surface area contributed by atoms with Gasteiger partial charge in [-0.3, -0.25) is 9.89 Å². The van der Waals surface area contributed by atoms with E-state index in [1.807, 2.05) is 0 Å². The van der Waals surface area contributed by atoms with Gasteiger partial charge in [0.05, 0.1) is 24.3 Å². The Morgan fingerprint density at radius 2 is 1.91 bits per heavy atom. The number of rotatable bonds is 5. The summed E-state index contributed by atoms with van der Waals surface area (Å²) in [4.78, 5) is 36.5. The fourth-order valence-corrected chi connectivity index (χ4v) is 2.16. The number of esters is 2. The lowest BCUT2D eigenvalue weighted by molar-refractivity contribution is 0.0516. The Morgan fingerprint density at radius 1 is 1.22 bits per heavy atom. The van der Waals surface area contributed by atoms with Gasteiger partial charge in [0.15, 0.2) is 17.2 Å². The van der Waals surface area contributed by atoms with E-state index < -0.39 is 17.7 Å². The summed E-state index contributed by atoms with van der Waals surface area (Å²) in [6.07, 6.45) is 0. The minimum absolute atomic E-state index is 0.0962. The van der Waals surface area contributed by atoms with E-state index in [0.717, 1.165) is 7.11 Å². The Kier molecular flexibility index (Phi) is 5.13. The third-order valence-corrected chi connectivity index (χ3v) is 3.30. The predicted octanol–water partition coefficient (Wildman–Crippen LogP) is 2.26. The van der Waals surface area contributed by atoms with Gasteiger partial charge in [0.1, 0.15) is 0 Å². The summed E-state index contributed by atoms with van der Waals surface area (Å²) in [6.45, 7) is 1.71. The van der Waals surface area contributed by atoms with Crippen LogP contribution in [-0.4, -0.2) is 41.6 Å². The quantitative estimate of drug-likeness (QED) is 0.664. The number of benzene rings is 1. The standard InChI is InChI=1S/C15H13ClN2O5/c1-3-23-15(21)12-10(11(17-18-12)14(20)22-2)13(19)8-6-4-5-7-9(8)16/h4-7H,3H2,1-2H3,(H,17,18). The highest BCUT2D eigenvalue weighted by molar-refractivity contribution is 6.35. The SMILES string of the molecule is CCOC(=O)c1n[nH]c(C(=O)OC)c1C(=O)c1ccccc1Cl. The molecular formula is C15H13ClN2O5. The normalized spacial score (nSPS) is 10.2. The second-order valence-corrected chi connectivity index (χ2v) is 4.75. The number of aromatic amines is 1. The molecule has 8 heteroatoms. The van der Waals surface area contributed by atoms with Crippen LogP contribution >= 0.6 is 11.6 Å². The zero-order chi connectivity index (χ0) is 17.0. The molecule has 120 valence electrons. The lowest BCUT2D eigenvalue weighted by Crippen LogP contribution is -2.15. The number of methoxy groups -OCH3 is 1. The monoisotopic (exact) mass is 336 g/mol. The van der Waals surface area contributed by atoms with Crippen LogP contribution < -0.4 is 0 Å². The minimum Gasteiger partial charge on any atom is -0.464 e. The molecule has 0 spiro atoms. The third kappa shape index (κ3) is 3.24. The number of hydrogen-bond donors (Lipinski definition) is 1. The van der Waals surface area contributed by atoms with Crippen LogP contribution in [0.3, 0.4) is 0 Å². The zero-order valence-corrected chi connectivity index (χ0v) is 13.1. The Hall–Kier alpha value is -2.67. The van der Waals surface area contributed by atoms with E-state index >= 15 is 0 Å². The van der Waals surface area contributed by atoms with Gasteiger partial charge in [-0.2, -0.15) is 5.10 Å². The predicted molar refractivity (Wildman–Crippen MR) is 80.8 cm³/mol. The third-order valence-electron chi connectivity index (χ3n) is 2.97. The van der Waals surface area contributed by atoms with Crippen LogP contribution in [0.2, 0.25) is 5.02 Å². The van der Waals surface area contributed by atoms with Crippen molar-refractivity contribution in [3.05, 3.63) is 51.8 Å². The van der Waals surface area contributed by atoms with Crippen LogP contribution in [0.15, 0.2) is 24.3 Å². The Bertz CT molecular complexity index is 769. The molecule has 0 unspecified atom stereocenters. The fraction of sp³-hybridized carbons (Fsp3) is 0.200. The molecule has 0 bridgehead atoms. The number of ketones is 1. The molecule has 0 saturated heterocycles. The molecule has 0 amide bonds. The summed E-state index contributed by atoms with van der Waals surface area (Å²) >= 11 is 6.01. The molecule has 1 aromatic heterocycles. The number of halogens is 1. The summed E-state index contributed by atoms with van der Waals surface area (Å²) in [5.41, 5.74) is -0.632. The van der Waals surface area contributed by atoms with Gasteiger partial charge in [-0.25, -0.2) is 9.59 Å². The van der Waals surface area contributed by atoms with E-state index in [4.69, 9.17) is 16.3 Å². The molecule has 23 heavy (non-hydrogen) atoms. The number of H-pyrrole nitrogens is 1. The first-order valence-electron chi connectivity index (χ1n) is 6.64. The van der Waals surface area contributed by atoms with Crippen LogP contribution in [-0.2, 0) is 9.47 Å². The molecule has 2 rings (SSSR count). The lowest BCUT2D eigenvalue weighted by atomic mass is 10.0. The van der Waals surface area contributed by atoms with E-state index in [-0.39, 0.29) is 34.1 Å². The van der Waals surface area contributed by atoms with Crippen molar-refractivity contribution >= 4 is 29.3 Å². The number of nitrogens with one attached hydrogen (secondary N) is 1. The molecule has 2 aromatic rings. The topological polar surface area (TPSA) is 98.3 Å². The first kappa shape index (κ1) is 16.7. The molecular weight excluding hydrogens is 324 g/mol. The average molecular weight is 337 g/mol. The maximum absolute atomic E-state index is 12.7. The van der Waals surface area contributed by atoms with Crippen molar-refractivity contribution in [1.82, 2.24) is 10.2 Å². The Labute approximate surface area is 136 Å². The van der Waals surface area contributed by atoms with Crippen LogP contribution in [0.4, 0.5) is 0 Å². The molecule has 0 fully saturated rings. The van der Waals surface area contributed by atoms with Gasteiger partial charge in [0.2, 0.25) is 0 Å². The van der Waals surface area contributed by atoms with Crippen LogP contribution in [0.1, 0.15) is 43.8 Å².